The van der Waals surface area contributed by atoms with Gasteiger partial charge in [-0.1, -0.05) is 103 Å². The Morgan fingerprint density at radius 2 is 1.58 bits per heavy atom. The van der Waals surface area contributed by atoms with Crippen LogP contribution >= 0.6 is 11.8 Å². The summed E-state index contributed by atoms with van der Waals surface area (Å²) in [6, 6.07) is 25.7. The molecule has 0 fully saturated rings. The van der Waals surface area contributed by atoms with E-state index >= 15 is 0 Å². The van der Waals surface area contributed by atoms with Gasteiger partial charge in [-0.3, -0.25) is 18.9 Å². The molecular formula is C29H27N4NaO3S. The zero-order valence-corrected chi connectivity index (χ0v) is 21.4. The third kappa shape index (κ3) is 6.10. The first-order chi connectivity index (χ1) is 18.0. The molecule has 0 aliphatic heterocycles. The van der Waals surface area contributed by atoms with Crippen LogP contribution in [-0.4, -0.2) is 55.0 Å². The number of nitrogens with zero attached hydrogens (tertiary/aromatic N) is 3. The van der Waals surface area contributed by atoms with Crippen molar-refractivity contribution in [3.8, 4) is 22.5 Å². The van der Waals surface area contributed by atoms with Crippen molar-refractivity contribution in [3.05, 3.63) is 122 Å². The maximum absolute atomic E-state index is 13.7. The van der Waals surface area contributed by atoms with Crippen LogP contribution in [0.5, 0.6) is 0 Å². The zero-order valence-electron chi connectivity index (χ0n) is 20.6. The molecule has 0 atom stereocenters. The predicted molar refractivity (Wildman–Crippen MR) is 153 cm³/mol. The summed E-state index contributed by atoms with van der Waals surface area (Å²) in [7, 11) is 0. The van der Waals surface area contributed by atoms with Crippen LogP contribution in [0.3, 0.4) is 0 Å². The van der Waals surface area contributed by atoms with Crippen molar-refractivity contribution in [2.75, 3.05) is 5.75 Å². The first-order valence-corrected chi connectivity index (χ1v) is 13.0. The van der Waals surface area contributed by atoms with Gasteiger partial charge in [-0.2, -0.15) is 0 Å². The second-order valence-electron chi connectivity index (χ2n) is 8.63. The molecule has 0 saturated heterocycles. The quantitative estimate of drug-likeness (QED) is 0.177. The molecule has 2 heterocycles. The summed E-state index contributed by atoms with van der Waals surface area (Å²) in [5.74, 6) is 0.614. The van der Waals surface area contributed by atoms with Crippen molar-refractivity contribution >= 4 is 41.3 Å². The van der Waals surface area contributed by atoms with Crippen molar-refractivity contribution in [2.24, 2.45) is 0 Å². The number of aryl methyl sites for hydroxylation is 1. The Bertz CT molecular complexity index is 1640. The Hall–Kier alpha value is -3.17. The van der Waals surface area contributed by atoms with Crippen LogP contribution in [0.25, 0.3) is 22.5 Å². The fourth-order valence-electron chi connectivity index (χ4n) is 4.32. The van der Waals surface area contributed by atoms with Gasteiger partial charge in [-0.05, 0) is 34.9 Å². The topological polar surface area (TPSA) is 93.8 Å². The average molecular weight is 535 g/mol. The van der Waals surface area contributed by atoms with Gasteiger partial charge in [0.1, 0.15) is 0 Å². The molecule has 0 saturated carbocycles. The number of hydrogen-bond acceptors (Lipinski definition) is 6. The third-order valence-electron chi connectivity index (χ3n) is 6.16. The molecule has 5 aromatic rings. The van der Waals surface area contributed by atoms with E-state index in [1.54, 1.807) is 16.3 Å². The van der Waals surface area contributed by atoms with E-state index in [4.69, 9.17) is 9.51 Å². The van der Waals surface area contributed by atoms with Crippen LogP contribution in [0.4, 0.5) is 0 Å². The molecule has 188 valence electrons. The van der Waals surface area contributed by atoms with E-state index in [-0.39, 0.29) is 35.1 Å². The van der Waals surface area contributed by atoms with Gasteiger partial charge in [-0.15, -0.1) is 0 Å². The van der Waals surface area contributed by atoms with Gasteiger partial charge in [-0.25, -0.2) is 9.78 Å². The SMILES string of the molecule is CCSc1nc(C)c(Cc2ccccc2)c(=O)n1Cc1ccc(-c2ccccc2-c2noc(=O)[nH]2)cc1.[NaH]. The van der Waals surface area contributed by atoms with Crippen LogP contribution < -0.4 is 11.3 Å². The normalized spacial score (nSPS) is 10.8. The van der Waals surface area contributed by atoms with Gasteiger partial charge >= 0.3 is 35.3 Å². The Morgan fingerprint density at radius 1 is 0.895 bits per heavy atom. The molecule has 1 N–H and O–H groups in total. The summed E-state index contributed by atoms with van der Waals surface area (Å²) in [5, 5.41) is 4.57. The van der Waals surface area contributed by atoms with E-state index < -0.39 is 5.76 Å². The number of aromatic amines is 1. The summed E-state index contributed by atoms with van der Waals surface area (Å²) in [6.07, 6.45) is 0.551. The summed E-state index contributed by atoms with van der Waals surface area (Å²) in [5.41, 5.74) is 6.23. The fourth-order valence-corrected chi connectivity index (χ4v) is 5.08. The van der Waals surface area contributed by atoms with Crippen LogP contribution in [0.15, 0.2) is 98.1 Å². The Morgan fingerprint density at radius 3 is 2.24 bits per heavy atom. The molecule has 0 bridgehead atoms. The molecule has 3 aromatic carbocycles. The molecule has 0 amide bonds. The number of aromatic nitrogens is 4. The zero-order chi connectivity index (χ0) is 25.8. The van der Waals surface area contributed by atoms with Gasteiger partial charge < -0.3 is 0 Å². The molecule has 5 rings (SSSR count). The van der Waals surface area contributed by atoms with Gasteiger partial charge in [0.25, 0.3) is 5.56 Å². The number of hydrogen-bond donors (Lipinski definition) is 1. The van der Waals surface area contributed by atoms with Crippen LogP contribution in [-0.2, 0) is 13.0 Å². The summed E-state index contributed by atoms with van der Waals surface area (Å²) in [4.78, 5) is 32.5. The van der Waals surface area contributed by atoms with Crippen LogP contribution in [0.2, 0.25) is 0 Å². The van der Waals surface area contributed by atoms with Crippen molar-refractivity contribution in [1.82, 2.24) is 19.7 Å². The van der Waals surface area contributed by atoms with E-state index in [0.29, 0.717) is 18.8 Å². The van der Waals surface area contributed by atoms with Gasteiger partial charge in [0.05, 0.1) is 6.54 Å². The number of benzene rings is 3. The maximum atomic E-state index is 13.7. The summed E-state index contributed by atoms with van der Waals surface area (Å²) in [6.45, 7) is 4.40. The van der Waals surface area contributed by atoms with E-state index in [1.807, 2.05) is 85.8 Å². The van der Waals surface area contributed by atoms with Gasteiger partial charge in [0.15, 0.2) is 11.0 Å². The van der Waals surface area contributed by atoms with Gasteiger partial charge in [0, 0.05) is 23.2 Å². The summed E-state index contributed by atoms with van der Waals surface area (Å²) < 4.78 is 6.47. The monoisotopic (exact) mass is 534 g/mol. The van der Waals surface area contributed by atoms with E-state index in [0.717, 1.165) is 50.0 Å². The molecule has 0 spiro atoms. The molecule has 9 heteroatoms. The number of nitrogens with one attached hydrogen (secondary N) is 1. The van der Waals surface area contributed by atoms with Crippen LogP contribution in [0.1, 0.15) is 29.3 Å². The first-order valence-electron chi connectivity index (χ1n) is 12.0. The molecule has 0 aliphatic rings. The molecular weight excluding hydrogens is 507 g/mol. The average Bonchev–Trinajstić information content (AvgIpc) is 3.36. The van der Waals surface area contributed by atoms with Gasteiger partial charge in [0.2, 0.25) is 0 Å². The molecule has 38 heavy (non-hydrogen) atoms. The van der Waals surface area contributed by atoms with Crippen molar-refractivity contribution in [1.29, 1.82) is 0 Å². The van der Waals surface area contributed by atoms with E-state index in [2.05, 4.69) is 17.1 Å². The minimum atomic E-state index is -0.593. The standard InChI is InChI=1S/C29H26N4O3S.Na.H/c1-3-37-28-30-19(2)25(17-20-9-5-4-6-10-20)27(34)33(28)18-21-13-15-22(16-14-21)23-11-7-8-12-24(23)26-31-29(35)36-32-26;;/h4-16H,3,17-18H2,1-2H3,(H,31,32,35);;. The van der Waals surface area contributed by atoms with Crippen molar-refractivity contribution in [3.63, 3.8) is 0 Å². The van der Waals surface area contributed by atoms with Crippen molar-refractivity contribution < 1.29 is 4.52 Å². The first kappa shape index (κ1) is 27.9. The predicted octanol–water partition coefficient (Wildman–Crippen LogP) is 4.66. The van der Waals surface area contributed by atoms with Crippen LogP contribution in [0, 0.1) is 6.92 Å². The Labute approximate surface area is 246 Å². The number of rotatable bonds is 8. The summed E-state index contributed by atoms with van der Waals surface area (Å²) >= 11 is 1.57. The second kappa shape index (κ2) is 12.6. The molecule has 0 aliphatic carbocycles. The fraction of sp³-hybridized carbons (Fsp3) is 0.172. The molecule has 0 radical (unpaired) electrons. The minimum absolute atomic E-state index is 0. The van der Waals surface area contributed by atoms with E-state index in [9.17, 15) is 9.59 Å². The van der Waals surface area contributed by atoms with Crippen molar-refractivity contribution in [2.45, 2.75) is 32.0 Å². The van der Waals surface area contributed by atoms with E-state index in [1.165, 1.54) is 0 Å². The Balaban J connectivity index is 0.00000336. The number of thioether (sulfide) groups is 1. The third-order valence-corrected chi connectivity index (χ3v) is 7.02. The Kier molecular flexibility index (Phi) is 9.22. The molecule has 7 nitrogen and oxygen atoms in total. The second-order valence-corrected chi connectivity index (χ2v) is 9.86. The number of H-pyrrole nitrogens is 1. The molecule has 2 aromatic heterocycles. The molecule has 0 unspecified atom stereocenters.